The van der Waals surface area contributed by atoms with Gasteiger partial charge in [-0.2, -0.15) is 13.1 Å². The van der Waals surface area contributed by atoms with Crippen molar-refractivity contribution in [3.8, 4) is 5.75 Å². The van der Waals surface area contributed by atoms with E-state index in [1.165, 1.54) is 13.2 Å². The molecule has 174 valence electrons. The third-order valence-electron chi connectivity index (χ3n) is 5.28. The van der Waals surface area contributed by atoms with Gasteiger partial charge in [-0.3, -0.25) is 9.59 Å². The van der Waals surface area contributed by atoms with Crippen molar-refractivity contribution in [2.45, 2.75) is 30.2 Å². The number of aromatic nitrogens is 2. The van der Waals surface area contributed by atoms with Gasteiger partial charge in [0.15, 0.2) is 6.61 Å². The Labute approximate surface area is 194 Å². The molecule has 4 rings (SSSR count). The first-order chi connectivity index (χ1) is 15.9. The molecule has 0 spiro atoms. The zero-order valence-corrected chi connectivity index (χ0v) is 19.4. The van der Waals surface area contributed by atoms with E-state index >= 15 is 0 Å². The topological polar surface area (TPSA) is 128 Å². The van der Waals surface area contributed by atoms with E-state index in [9.17, 15) is 18.0 Å². The number of hydrogen-bond donors (Lipinski definition) is 1. The predicted molar refractivity (Wildman–Crippen MR) is 122 cm³/mol. The zero-order valence-electron chi connectivity index (χ0n) is 17.8. The number of nitrogens with zero attached hydrogens (tertiary/aromatic N) is 3. The Morgan fingerprint density at radius 1 is 1.15 bits per heavy atom. The zero-order chi connectivity index (χ0) is 23.4. The van der Waals surface area contributed by atoms with Gasteiger partial charge < -0.3 is 14.8 Å². The summed E-state index contributed by atoms with van der Waals surface area (Å²) in [6.45, 7) is -0.352. The minimum absolute atomic E-state index is 0.00528. The maximum atomic E-state index is 13.4. The molecule has 1 aliphatic heterocycles. The van der Waals surface area contributed by atoms with Gasteiger partial charge in [-0.1, -0.05) is 6.07 Å². The molecule has 10 nitrogen and oxygen atoms in total. The number of carbonyl (C=O) groups excluding carboxylic acids is 2. The molecule has 1 N–H and O–H groups in total. The predicted octanol–water partition coefficient (Wildman–Crippen LogP) is 2.42. The van der Waals surface area contributed by atoms with Gasteiger partial charge in [-0.25, -0.2) is 8.42 Å². The van der Waals surface area contributed by atoms with Crippen LogP contribution >= 0.6 is 11.7 Å². The number of benzene rings is 2. The standard InChI is InChI=1S/C21H22N4O6S2/c1-30-15-10-8-14(9-11-15)22-19(26)13-31-21(27)17-6-2-3-12-25(17)33(28,29)18-7-4-5-16-20(18)24-32-23-16/h4-5,7-11,17H,2-3,6,12-13H2,1H3,(H,22,26)/t17-/m1/s1. The average Bonchev–Trinajstić information content (AvgIpc) is 3.32. The van der Waals surface area contributed by atoms with E-state index in [2.05, 4.69) is 14.1 Å². The van der Waals surface area contributed by atoms with E-state index in [-0.39, 0.29) is 17.0 Å². The molecule has 1 aromatic heterocycles. The molecule has 0 aliphatic carbocycles. The number of piperidine rings is 1. The van der Waals surface area contributed by atoms with Gasteiger partial charge in [-0.15, -0.1) is 0 Å². The molecule has 1 saturated heterocycles. The maximum absolute atomic E-state index is 13.4. The number of nitrogens with one attached hydrogen (secondary N) is 1. The number of hydrogen-bond acceptors (Lipinski definition) is 9. The van der Waals surface area contributed by atoms with Crippen molar-refractivity contribution in [3.63, 3.8) is 0 Å². The molecular weight excluding hydrogens is 468 g/mol. The Bertz CT molecular complexity index is 1260. The summed E-state index contributed by atoms with van der Waals surface area (Å²) in [4.78, 5) is 25.0. The van der Waals surface area contributed by atoms with Crippen LogP contribution < -0.4 is 10.1 Å². The number of rotatable bonds is 7. The Kier molecular flexibility index (Phi) is 6.86. The summed E-state index contributed by atoms with van der Waals surface area (Å²) in [5.74, 6) is -0.647. The molecule has 12 heteroatoms. The quantitative estimate of drug-likeness (QED) is 0.500. The van der Waals surface area contributed by atoms with Gasteiger partial charge in [0.05, 0.1) is 18.8 Å². The van der Waals surface area contributed by atoms with Crippen LogP contribution in [0.5, 0.6) is 5.75 Å². The highest BCUT2D eigenvalue weighted by atomic mass is 32.2. The molecule has 0 saturated carbocycles. The van der Waals surface area contributed by atoms with E-state index in [4.69, 9.17) is 9.47 Å². The number of esters is 1. The number of sulfonamides is 1. The fourth-order valence-corrected chi connectivity index (χ4v) is 6.05. The Balaban J connectivity index is 1.44. The molecule has 2 heterocycles. The summed E-state index contributed by atoms with van der Waals surface area (Å²) >= 11 is 0.925. The number of ether oxygens (including phenoxy) is 2. The monoisotopic (exact) mass is 490 g/mol. The first-order valence-corrected chi connectivity index (χ1v) is 12.4. The van der Waals surface area contributed by atoms with Gasteiger partial charge >= 0.3 is 5.97 Å². The molecule has 1 atom stereocenters. The summed E-state index contributed by atoms with van der Waals surface area (Å²) in [6, 6.07) is 10.4. The molecule has 1 amide bonds. The van der Waals surface area contributed by atoms with Crippen LogP contribution in [0, 0.1) is 0 Å². The lowest BCUT2D eigenvalue weighted by Gasteiger charge is -2.32. The number of amides is 1. The second-order valence-corrected chi connectivity index (χ2v) is 9.79. The SMILES string of the molecule is COc1ccc(NC(=O)COC(=O)[C@H]2CCCCN2S(=O)(=O)c2cccc3nsnc23)cc1. The van der Waals surface area contributed by atoms with Crippen molar-refractivity contribution in [3.05, 3.63) is 42.5 Å². The van der Waals surface area contributed by atoms with Gasteiger partial charge in [0.1, 0.15) is 27.7 Å². The van der Waals surface area contributed by atoms with E-state index < -0.39 is 34.5 Å². The lowest BCUT2D eigenvalue weighted by atomic mass is 10.1. The normalized spacial score (nSPS) is 16.9. The van der Waals surface area contributed by atoms with Crippen LogP contribution in [0.2, 0.25) is 0 Å². The average molecular weight is 491 g/mol. The molecule has 33 heavy (non-hydrogen) atoms. The molecular formula is C21H22N4O6S2. The minimum Gasteiger partial charge on any atom is -0.497 e. The van der Waals surface area contributed by atoms with Gasteiger partial charge in [0.2, 0.25) is 10.0 Å². The van der Waals surface area contributed by atoms with Crippen molar-refractivity contribution in [1.82, 2.24) is 13.1 Å². The lowest BCUT2D eigenvalue weighted by Crippen LogP contribution is -2.48. The summed E-state index contributed by atoms with van der Waals surface area (Å²) in [5.41, 5.74) is 1.27. The Morgan fingerprint density at radius 3 is 2.70 bits per heavy atom. The van der Waals surface area contributed by atoms with E-state index in [0.717, 1.165) is 16.0 Å². The highest BCUT2D eigenvalue weighted by Crippen LogP contribution is 2.29. The highest BCUT2D eigenvalue weighted by Gasteiger charge is 2.39. The van der Waals surface area contributed by atoms with E-state index in [1.807, 2.05) is 0 Å². The maximum Gasteiger partial charge on any atom is 0.324 e. The third kappa shape index (κ3) is 4.97. The number of anilines is 1. The number of carbonyl (C=O) groups is 2. The molecule has 0 bridgehead atoms. The largest absolute Gasteiger partial charge is 0.497 e. The van der Waals surface area contributed by atoms with Crippen LogP contribution in [0.25, 0.3) is 11.0 Å². The van der Waals surface area contributed by atoms with Crippen molar-refractivity contribution in [2.24, 2.45) is 0 Å². The summed E-state index contributed by atoms with van der Waals surface area (Å²) in [7, 11) is -2.48. The van der Waals surface area contributed by atoms with Gasteiger partial charge in [0, 0.05) is 12.2 Å². The van der Waals surface area contributed by atoms with Crippen molar-refractivity contribution in [2.75, 3.05) is 25.6 Å². The van der Waals surface area contributed by atoms with Crippen LogP contribution in [0.4, 0.5) is 5.69 Å². The van der Waals surface area contributed by atoms with Crippen LogP contribution in [-0.4, -0.2) is 59.6 Å². The molecule has 3 aromatic rings. The van der Waals surface area contributed by atoms with Gasteiger partial charge in [-0.05, 0) is 55.7 Å². The molecule has 1 fully saturated rings. The van der Waals surface area contributed by atoms with Crippen molar-refractivity contribution >= 4 is 50.3 Å². The molecule has 0 radical (unpaired) electrons. The second-order valence-electron chi connectivity index (χ2n) is 7.40. The van der Waals surface area contributed by atoms with Crippen LogP contribution in [0.1, 0.15) is 19.3 Å². The smallest absolute Gasteiger partial charge is 0.324 e. The number of fused-ring (bicyclic) bond motifs is 1. The lowest BCUT2D eigenvalue weighted by molar-refractivity contribution is -0.152. The summed E-state index contributed by atoms with van der Waals surface area (Å²) in [6.07, 6.45) is 1.60. The van der Waals surface area contributed by atoms with E-state index in [1.54, 1.807) is 36.4 Å². The Hall–Kier alpha value is -3.09. The fourth-order valence-electron chi connectivity index (χ4n) is 3.65. The van der Waals surface area contributed by atoms with Crippen molar-refractivity contribution in [1.29, 1.82) is 0 Å². The third-order valence-corrected chi connectivity index (χ3v) is 7.76. The highest BCUT2D eigenvalue weighted by molar-refractivity contribution is 7.89. The first kappa shape index (κ1) is 23.1. The van der Waals surface area contributed by atoms with Crippen LogP contribution in [-0.2, 0) is 24.3 Å². The number of methoxy groups -OCH3 is 1. The van der Waals surface area contributed by atoms with Crippen LogP contribution in [0.3, 0.4) is 0 Å². The van der Waals surface area contributed by atoms with E-state index in [0.29, 0.717) is 36.2 Å². The molecule has 0 unspecified atom stereocenters. The van der Waals surface area contributed by atoms with Gasteiger partial charge in [0.25, 0.3) is 5.91 Å². The Morgan fingerprint density at radius 2 is 1.94 bits per heavy atom. The second kappa shape index (κ2) is 9.81. The first-order valence-electron chi connectivity index (χ1n) is 10.2. The minimum atomic E-state index is -4.02. The van der Waals surface area contributed by atoms with Crippen molar-refractivity contribution < 1.29 is 27.5 Å². The summed E-state index contributed by atoms with van der Waals surface area (Å²) < 4.78 is 46.4. The summed E-state index contributed by atoms with van der Waals surface area (Å²) in [5, 5.41) is 2.62. The van der Waals surface area contributed by atoms with Crippen LogP contribution in [0.15, 0.2) is 47.4 Å². The fraction of sp³-hybridized carbons (Fsp3) is 0.333. The molecule has 2 aromatic carbocycles. The molecule has 1 aliphatic rings.